The number of sulfonamides is 1. The highest BCUT2D eigenvalue weighted by Crippen LogP contribution is 2.27. The minimum atomic E-state index is -3.97. The van der Waals surface area contributed by atoms with E-state index in [2.05, 4.69) is 21.2 Å². The molecular weight excluding hydrogens is 555 g/mol. The summed E-state index contributed by atoms with van der Waals surface area (Å²) in [4.78, 5) is 13.8. The third-order valence-electron chi connectivity index (χ3n) is 4.50. The fourth-order valence-corrected chi connectivity index (χ4v) is 5.44. The van der Waals surface area contributed by atoms with Gasteiger partial charge in [0.25, 0.3) is 0 Å². The van der Waals surface area contributed by atoms with Gasteiger partial charge in [0.05, 0.1) is 27.2 Å². The van der Waals surface area contributed by atoms with Crippen molar-refractivity contribution >= 4 is 72.5 Å². The van der Waals surface area contributed by atoms with Crippen LogP contribution in [0.2, 0.25) is 10.0 Å². The lowest BCUT2D eigenvalue weighted by molar-refractivity contribution is -0.116. The van der Waals surface area contributed by atoms with E-state index in [1.165, 1.54) is 23.9 Å². The number of anilines is 1. The summed E-state index contributed by atoms with van der Waals surface area (Å²) in [7, 11) is -3.97. The Labute approximate surface area is 210 Å². The van der Waals surface area contributed by atoms with Crippen molar-refractivity contribution in [3.05, 3.63) is 86.8 Å². The Hall–Kier alpha value is -1.55. The number of hydrogen-bond donors (Lipinski definition) is 1. The number of rotatable bonds is 8. The predicted molar refractivity (Wildman–Crippen MR) is 135 cm³/mol. The van der Waals surface area contributed by atoms with Crippen LogP contribution in [0, 0.1) is 0 Å². The van der Waals surface area contributed by atoms with Gasteiger partial charge >= 0.3 is 0 Å². The van der Waals surface area contributed by atoms with E-state index in [0.717, 1.165) is 13.7 Å². The van der Waals surface area contributed by atoms with Crippen LogP contribution in [0.15, 0.2) is 81.0 Å². The van der Waals surface area contributed by atoms with Crippen LogP contribution in [0.1, 0.15) is 5.56 Å². The molecule has 0 aromatic heterocycles. The number of thioether (sulfide) groups is 1. The molecule has 0 saturated carbocycles. The molecule has 0 bridgehead atoms. The number of benzene rings is 3. The second kappa shape index (κ2) is 11.0. The third kappa shape index (κ3) is 6.27. The van der Waals surface area contributed by atoms with Crippen molar-refractivity contribution in [1.82, 2.24) is 4.31 Å². The monoisotopic (exact) mass is 572 g/mol. The molecule has 0 fully saturated rings. The number of carbonyl (C=O) groups excluding carboxylic acids is 1. The summed E-state index contributed by atoms with van der Waals surface area (Å²) in [6.45, 7) is -0.422. The summed E-state index contributed by atoms with van der Waals surface area (Å²) in [5.74, 6) is -0.452. The average molecular weight is 574 g/mol. The standard InChI is InChI=1S/C22H19BrCl2N2O3S2/c1-31-21-5-3-2-4-20(21)26-22(28)14-27(13-15-6-11-18(24)19(25)12-15)32(29,30)17-9-7-16(23)8-10-17/h2-12H,13-14H2,1H3,(H,26,28). The van der Waals surface area contributed by atoms with Gasteiger partial charge in [-0.15, -0.1) is 11.8 Å². The van der Waals surface area contributed by atoms with E-state index in [-0.39, 0.29) is 18.0 Å². The molecule has 0 atom stereocenters. The Kier molecular flexibility index (Phi) is 8.66. The Balaban J connectivity index is 1.91. The summed E-state index contributed by atoms with van der Waals surface area (Å²) in [5.41, 5.74) is 1.23. The third-order valence-corrected chi connectivity index (χ3v) is 8.36. The minimum absolute atomic E-state index is 0.0487. The van der Waals surface area contributed by atoms with Gasteiger partial charge in [-0.2, -0.15) is 4.31 Å². The lowest BCUT2D eigenvalue weighted by atomic mass is 10.2. The zero-order valence-corrected chi connectivity index (χ0v) is 21.6. The topological polar surface area (TPSA) is 66.5 Å². The lowest BCUT2D eigenvalue weighted by Gasteiger charge is -2.22. The normalized spacial score (nSPS) is 11.5. The number of nitrogens with zero attached hydrogens (tertiary/aromatic N) is 1. The molecule has 3 aromatic carbocycles. The van der Waals surface area contributed by atoms with Crippen LogP contribution in [0.3, 0.4) is 0 Å². The van der Waals surface area contributed by atoms with Crippen molar-refractivity contribution in [2.75, 3.05) is 18.1 Å². The quantitative estimate of drug-likeness (QED) is 0.321. The van der Waals surface area contributed by atoms with E-state index in [0.29, 0.717) is 21.3 Å². The van der Waals surface area contributed by atoms with Crippen LogP contribution in [0.25, 0.3) is 0 Å². The van der Waals surface area contributed by atoms with Gasteiger partial charge in [0.1, 0.15) is 0 Å². The molecule has 3 aromatic rings. The fourth-order valence-electron chi connectivity index (χ4n) is 2.92. The Morgan fingerprint density at radius 3 is 2.38 bits per heavy atom. The van der Waals surface area contributed by atoms with Crippen molar-refractivity contribution < 1.29 is 13.2 Å². The summed E-state index contributed by atoms with van der Waals surface area (Å²) >= 11 is 16.9. The maximum atomic E-state index is 13.4. The van der Waals surface area contributed by atoms with E-state index < -0.39 is 15.9 Å². The van der Waals surface area contributed by atoms with Gasteiger partial charge in [-0.25, -0.2) is 8.42 Å². The molecule has 3 rings (SSSR count). The van der Waals surface area contributed by atoms with Gasteiger partial charge in [0.15, 0.2) is 0 Å². The first-order chi connectivity index (χ1) is 15.2. The number of nitrogens with one attached hydrogen (secondary N) is 1. The molecule has 0 radical (unpaired) electrons. The van der Waals surface area contributed by atoms with Gasteiger partial charge in [0.2, 0.25) is 15.9 Å². The van der Waals surface area contributed by atoms with Gasteiger partial charge in [0, 0.05) is 15.9 Å². The van der Waals surface area contributed by atoms with E-state index in [1.54, 1.807) is 42.5 Å². The molecule has 0 aliphatic carbocycles. The highest BCUT2D eigenvalue weighted by Gasteiger charge is 2.27. The summed E-state index contributed by atoms with van der Waals surface area (Å²) < 4.78 is 28.6. The summed E-state index contributed by atoms with van der Waals surface area (Å²) in [6, 6.07) is 18.5. The molecule has 0 saturated heterocycles. The Morgan fingerprint density at radius 1 is 1.03 bits per heavy atom. The molecule has 0 aliphatic rings. The molecule has 0 spiro atoms. The van der Waals surface area contributed by atoms with Crippen molar-refractivity contribution in [2.24, 2.45) is 0 Å². The molecule has 10 heteroatoms. The zero-order chi connectivity index (χ0) is 23.3. The predicted octanol–water partition coefficient (Wildman–Crippen LogP) is 6.31. The van der Waals surface area contributed by atoms with Crippen molar-refractivity contribution in [3.63, 3.8) is 0 Å². The van der Waals surface area contributed by atoms with E-state index in [1.807, 2.05) is 18.4 Å². The van der Waals surface area contributed by atoms with E-state index in [9.17, 15) is 13.2 Å². The maximum absolute atomic E-state index is 13.4. The Morgan fingerprint density at radius 2 is 1.72 bits per heavy atom. The molecule has 1 amide bonds. The van der Waals surface area contributed by atoms with E-state index in [4.69, 9.17) is 23.2 Å². The molecule has 0 heterocycles. The first-order valence-electron chi connectivity index (χ1n) is 9.33. The smallest absolute Gasteiger partial charge is 0.243 e. The fraction of sp³-hybridized carbons (Fsp3) is 0.136. The zero-order valence-electron chi connectivity index (χ0n) is 16.9. The molecule has 32 heavy (non-hydrogen) atoms. The van der Waals surface area contributed by atoms with Crippen LogP contribution in [-0.2, 0) is 21.4 Å². The average Bonchev–Trinajstić information content (AvgIpc) is 2.76. The number of carbonyl (C=O) groups is 1. The largest absolute Gasteiger partial charge is 0.324 e. The van der Waals surface area contributed by atoms with Crippen molar-refractivity contribution in [3.8, 4) is 0 Å². The maximum Gasteiger partial charge on any atom is 0.243 e. The van der Waals surface area contributed by atoms with Gasteiger partial charge in [-0.1, -0.05) is 57.3 Å². The molecular formula is C22H19BrCl2N2O3S2. The van der Waals surface area contributed by atoms with Crippen LogP contribution < -0.4 is 5.32 Å². The van der Waals surface area contributed by atoms with Crippen molar-refractivity contribution in [1.29, 1.82) is 0 Å². The van der Waals surface area contributed by atoms with Crippen molar-refractivity contribution in [2.45, 2.75) is 16.3 Å². The SMILES string of the molecule is CSc1ccccc1NC(=O)CN(Cc1ccc(Cl)c(Cl)c1)S(=O)(=O)c1ccc(Br)cc1. The highest BCUT2D eigenvalue weighted by molar-refractivity contribution is 9.10. The van der Waals surface area contributed by atoms with Gasteiger partial charge < -0.3 is 5.32 Å². The number of halogens is 3. The first kappa shape index (κ1) is 25.1. The Bertz CT molecular complexity index is 1220. The van der Waals surface area contributed by atoms with Crippen LogP contribution in [-0.4, -0.2) is 31.4 Å². The first-order valence-corrected chi connectivity index (χ1v) is 13.5. The van der Waals surface area contributed by atoms with Gasteiger partial charge in [-0.05, 0) is 60.4 Å². The highest BCUT2D eigenvalue weighted by atomic mass is 79.9. The lowest BCUT2D eigenvalue weighted by Crippen LogP contribution is -2.37. The van der Waals surface area contributed by atoms with Crippen LogP contribution >= 0.6 is 50.9 Å². The summed E-state index contributed by atoms with van der Waals surface area (Å²) in [5, 5.41) is 3.48. The minimum Gasteiger partial charge on any atom is -0.324 e. The van der Waals surface area contributed by atoms with Gasteiger partial charge in [-0.3, -0.25) is 4.79 Å². The molecule has 168 valence electrons. The van der Waals surface area contributed by atoms with Crippen LogP contribution in [0.4, 0.5) is 5.69 Å². The summed E-state index contributed by atoms with van der Waals surface area (Å²) in [6.07, 6.45) is 1.90. The van der Waals surface area contributed by atoms with E-state index >= 15 is 0 Å². The molecule has 0 unspecified atom stereocenters. The number of hydrogen-bond acceptors (Lipinski definition) is 4. The second-order valence-electron chi connectivity index (χ2n) is 6.72. The number of amides is 1. The van der Waals surface area contributed by atoms with Crippen LogP contribution in [0.5, 0.6) is 0 Å². The second-order valence-corrected chi connectivity index (χ2v) is 11.2. The molecule has 0 aliphatic heterocycles. The molecule has 1 N–H and O–H groups in total. The number of para-hydroxylation sites is 1. The molecule has 5 nitrogen and oxygen atoms in total.